The Hall–Kier alpha value is -10.1. The summed E-state index contributed by atoms with van der Waals surface area (Å²) in [6.45, 7) is 14.5. The number of amides is 10. The van der Waals surface area contributed by atoms with Crippen molar-refractivity contribution in [2.75, 3.05) is 155 Å². The minimum atomic E-state index is -4.15. The van der Waals surface area contributed by atoms with Gasteiger partial charge in [0.2, 0.25) is 41.4 Å². The van der Waals surface area contributed by atoms with Gasteiger partial charge in [-0.1, -0.05) is 112 Å². The number of primary amides is 1. The molecule has 1 saturated heterocycles. The van der Waals surface area contributed by atoms with E-state index < -0.39 is 123 Å². The standard InChI is InChI=1S/C91H129N13O27S/c1-7-13-79-130-74-53-69-67-24-21-63-52-65(105)27-30-89(63,5)80(67)72(106)54-90(69,6)91(74,131-79)73(107)57-128-58-96-84(112)60(4)97-88(116)129-56-61-19-22-64(23-20-61)98-85(113)70(17-12-31-95-87(92)115)99-86(114)81(59(2)3)100-77(110)29-36-121-40-44-125-47-49-126-45-41-122-37-32-93-75(108)25-26-78(111)103-55-62-14-8-9-15-66(62)82-83(68-16-10-11-18-71(68)103)104(102-101-82)34-38-123-42-46-127-50-48-124-43-39-120-35-28-76(109)94-33-51-132(117,118)119/h8-11,14-16,18-20,22-23,27,30,52,59-60,67,69-70,72,74,79-81,106H,7,12-13,17,21,24-26,28-29,31-51,53-58H2,1-6H3,(H,93,108)(H,94,109)(H,96,112)(H,97,116)(H,98,113)(H,99,114)(H,100,110)(H3,92,95,115)(H,117,118,119)/t60-,67-,69-,70-,72-,74+,79?,80+,81-,89-,90-,91+/m0/s1. The maximum Gasteiger partial charge on any atom is 0.408 e. The van der Waals surface area contributed by atoms with Crippen LogP contribution in [0.2, 0.25) is 0 Å². The molecule has 40 nitrogen and oxygen atoms in total. The molecule has 3 heterocycles. The molecule has 1 aromatic heterocycles. The van der Waals surface area contributed by atoms with Gasteiger partial charge in [-0.3, -0.25) is 47.7 Å². The molecule has 4 aliphatic carbocycles. The van der Waals surface area contributed by atoms with E-state index in [1.54, 1.807) is 59.8 Å². The summed E-state index contributed by atoms with van der Waals surface area (Å²) in [5.74, 6) is -4.82. The Kier molecular flexibility index (Phi) is 40.5. The number of anilines is 2. The summed E-state index contributed by atoms with van der Waals surface area (Å²) in [5, 5.41) is 42.2. The van der Waals surface area contributed by atoms with Gasteiger partial charge in [-0.2, -0.15) is 8.42 Å². The summed E-state index contributed by atoms with van der Waals surface area (Å²) >= 11 is 0. The number of benzene rings is 3. The number of ether oxygens (including phenoxy) is 12. The molecular weight excluding hydrogens is 1740 g/mol. The summed E-state index contributed by atoms with van der Waals surface area (Å²) < 4.78 is 101. The number of hydrogen-bond acceptors (Lipinski definition) is 28. The minimum Gasteiger partial charge on any atom is -0.445 e. The number of aromatic nitrogens is 3. The number of aliphatic hydroxyl groups is 1. The molecule has 0 radical (unpaired) electrons. The van der Waals surface area contributed by atoms with Gasteiger partial charge in [0.15, 0.2) is 23.5 Å². The topological polar surface area (TPSA) is 529 Å². The van der Waals surface area contributed by atoms with E-state index in [0.29, 0.717) is 80.6 Å². The van der Waals surface area contributed by atoms with E-state index in [4.69, 9.17) is 67.1 Å². The number of hydrogen-bond donors (Lipinski definition) is 11. The fraction of sp³-hybridized carbons (Fsp3) is 0.615. The lowest BCUT2D eigenvalue weighted by Gasteiger charge is -2.59. The molecule has 132 heavy (non-hydrogen) atoms. The number of alkyl carbamates (subject to hydrolysis) is 1. The second-order valence-corrected chi connectivity index (χ2v) is 35.6. The largest absolute Gasteiger partial charge is 0.445 e. The number of nitrogens with one attached hydrogen (secondary N) is 8. The van der Waals surface area contributed by atoms with Crippen LogP contribution in [0.25, 0.3) is 22.5 Å². The molecule has 726 valence electrons. The molecule has 4 aromatic rings. The average Bonchev–Trinajstić information content (AvgIpc) is 1.50. The smallest absolute Gasteiger partial charge is 0.408 e. The predicted octanol–water partition coefficient (Wildman–Crippen LogP) is 4.43. The van der Waals surface area contributed by atoms with Crippen LogP contribution >= 0.6 is 0 Å². The van der Waals surface area contributed by atoms with Gasteiger partial charge >= 0.3 is 12.1 Å². The van der Waals surface area contributed by atoms with E-state index in [1.165, 1.54) is 6.92 Å². The molecule has 10 amide bonds. The van der Waals surface area contributed by atoms with E-state index in [0.717, 1.165) is 35.1 Å². The third kappa shape index (κ3) is 29.4. The molecule has 3 aromatic carbocycles. The van der Waals surface area contributed by atoms with Crippen molar-refractivity contribution in [3.05, 3.63) is 108 Å². The van der Waals surface area contributed by atoms with Crippen molar-refractivity contribution in [1.82, 2.24) is 52.2 Å². The number of urea groups is 1. The van der Waals surface area contributed by atoms with Gasteiger partial charge in [-0.05, 0) is 111 Å². The highest BCUT2D eigenvalue weighted by Gasteiger charge is 2.76. The molecule has 2 aliphatic heterocycles. The second-order valence-electron chi connectivity index (χ2n) is 34.1. The zero-order valence-corrected chi connectivity index (χ0v) is 76.8. The zero-order valence-electron chi connectivity index (χ0n) is 76.0. The summed E-state index contributed by atoms with van der Waals surface area (Å²) in [6.07, 6.45) is 6.09. The van der Waals surface area contributed by atoms with Crippen molar-refractivity contribution in [2.45, 2.75) is 181 Å². The van der Waals surface area contributed by atoms with Crippen LogP contribution in [0.4, 0.5) is 21.0 Å². The number of ketones is 2. The first-order valence-corrected chi connectivity index (χ1v) is 46.9. The first-order chi connectivity index (χ1) is 63.4. The highest BCUT2D eigenvalue weighted by molar-refractivity contribution is 7.85. The fourth-order valence-corrected chi connectivity index (χ4v) is 18.4. The Bertz CT molecular complexity index is 4730. The highest BCUT2D eigenvalue weighted by atomic mass is 32.2. The van der Waals surface area contributed by atoms with Gasteiger partial charge < -0.3 is 115 Å². The Morgan fingerprint density at radius 2 is 1.30 bits per heavy atom. The van der Waals surface area contributed by atoms with Gasteiger partial charge in [0.05, 0.1) is 148 Å². The van der Waals surface area contributed by atoms with Crippen LogP contribution in [-0.2, 0) is 130 Å². The third-order valence-corrected chi connectivity index (χ3v) is 25.2. The number of rotatable bonds is 57. The highest BCUT2D eigenvalue weighted by Crippen LogP contribution is 2.70. The van der Waals surface area contributed by atoms with Gasteiger partial charge in [0, 0.05) is 78.9 Å². The third-order valence-electron chi connectivity index (χ3n) is 24.5. The van der Waals surface area contributed by atoms with Gasteiger partial charge in [-0.25, -0.2) is 14.3 Å². The number of para-hydroxylation sites is 1. The summed E-state index contributed by atoms with van der Waals surface area (Å²) in [7, 11) is -4.15. The summed E-state index contributed by atoms with van der Waals surface area (Å²) in [5.41, 5.74) is 8.83. The molecule has 0 bridgehead atoms. The van der Waals surface area contributed by atoms with Crippen LogP contribution in [0.5, 0.6) is 0 Å². The summed E-state index contributed by atoms with van der Waals surface area (Å²) in [6, 6.07) is 17.5. The lowest BCUT2D eigenvalue weighted by atomic mass is 9.46. The number of carbonyl (C=O) groups excluding carboxylic acids is 11. The predicted molar refractivity (Wildman–Crippen MR) is 478 cm³/mol. The van der Waals surface area contributed by atoms with Crippen LogP contribution < -0.4 is 53.2 Å². The fourth-order valence-electron chi connectivity index (χ4n) is 18.0. The molecule has 4 fully saturated rings. The monoisotopic (exact) mass is 1870 g/mol. The molecule has 12 atom stereocenters. The Morgan fingerprint density at radius 1 is 0.674 bits per heavy atom. The number of fused-ring (bicyclic) bond motifs is 12. The molecule has 12 N–H and O–H groups in total. The normalized spacial score (nSPS) is 21.6. The van der Waals surface area contributed by atoms with E-state index in [9.17, 15) is 66.3 Å². The van der Waals surface area contributed by atoms with Crippen LogP contribution in [0.3, 0.4) is 0 Å². The summed E-state index contributed by atoms with van der Waals surface area (Å²) in [4.78, 5) is 146. The van der Waals surface area contributed by atoms with Gasteiger partial charge in [-0.15, -0.1) is 5.10 Å². The first-order valence-electron chi connectivity index (χ1n) is 45.3. The quantitative estimate of drug-likeness (QED) is 0.0165. The second kappa shape index (κ2) is 51.4. The molecular formula is C91H129N13O27S. The van der Waals surface area contributed by atoms with Crippen LogP contribution in [0.1, 0.15) is 130 Å². The van der Waals surface area contributed by atoms with Crippen molar-refractivity contribution >= 4 is 86.5 Å². The van der Waals surface area contributed by atoms with E-state index >= 15 is 0 Å². The SMILES string of the molecule is CCCC1O[C@@H]2C[C@H]3[C@@H]4CCC5=CC(=O)C=C[C@]5(C)[C@H]4[C@@H](O)C[C@]3(C)[C@]2(C(=O)COCNC(=O)[C@H](C)NC(=O)OCc2ccc(NC(=O)[C@H](CCCNC(N)=O)NC(=O)[C@@H](NC(=O)CCOCCOCCOCCOCCNC(=O)CCC(=O)N3Cc4ccccc4-c4nnn(CCOCCOCCOCCOCCC(=O)NCCS(=O)(=O)O)c4-c4ccccc43)C(C)C)cc2)O1. The number of nitrogens with two attached hydrogens (primary N) is 1. The molecule has 0 spiro atoms. The van der Waals surface area contributed by atoms with Crippen LogP contribution in [0, 0.1) is 34.5 Å². The molecule has 41 heteroatoms. The van der Waals surface area contributed by atoms with E-state index in [2.05, 4.69) is 59.8 Å². The van der Waals surface area contributed by atoms with Crippen molar-refractivity contribution < 1.29 is 128 Å². The van der Waals surface area contributed by atoms with Crippen LogP contribution in [-0.4, -0.2) is 285 Å². The first kappa shape index (κ1) is 104. The van der Waals surface area contributed by atoms with E-state index in [1.807, 2.05) is 68.5 Å². The van der Waals surface area contributed by atoms with Crippen LogP contribution in [0.15, 0.2) is 96.6 Å². The molecule has 3 saturated carbocycles. The number of Topliss-reactive ketones (excluding diaryl/α,β-unsaturated/α-hetero) is 1. The number of carbonyl (C=O) groups is 11. The Labute approximate surface area is 768 Å². The maximum atomic E-state index is 14.7. The van der Waals surface area contributed by atoms with Crippen molar-refractivity contribution in [2.24, 2.45) is 40.2 Å². The Balaban J connectivity index is 0.552. The number of allylic oxidation sites excluding steroid dienone is 4. The maximum absolute atomic E-state index is 14.7. The molecule has 6 aliphatic rings. The number of aliphatic hydroxyl groups excluding tert-OH is 1. The minimum absolute atomic E-state index is 0.0182. The van der Waals surface area contributed by atoms with E-state index in [-0.39, 0.29) is 205 Å². The average molecular weight is 1870 g/mol. The van der Waals surface area contributed by atoms with Gasteiger partial charge in [0.25, 0.3) is 10.1 Å². The lowest BCUT2D eigenvalue weighted by molar-refractivity contribution is -0.201. The van der Waals surface area contributed by atoms with Gasteiger partial charge in [0.1, 0.15) is 43.8 Å². The lowest BCUT2D eigenvalue weighted by Crippen LogP contribution is -2.63. The zero-order chi connectivity index (χ0) is 94.8. The van der Waals surface area contributed by atoms with Crippen molar-refractivity contribution in [1.29, 1.82) is 0 Å². The van der Waals surface area contributed by atoms with Crippen molar-refractivity contribution in [3.8, 4) is 22.5 Å². The molecule has 1 unspecified atom stereocenters. The number of nitrogens with zero attached hydrogens (tertiary/aromatic N) is 4. The van der Waals surface area contributed by atoms with Crippen molar-refractivity contribution in [3.63, 3.8) is 0 Å². The Morgan fingerprint density at radius 3 is 1.95 bits per heavy atom. The molecule has 10 rings (SSSR count).